The van der Waals surface area contributed by atoms with Gasteiger partial charge < -0.3 is 65.1 Å². The van der Waals surface area contributed by atoms with Gasteiger partial charge in [0.15, 0.2) is 12.6 Å². The molecule has 14 nitrogen and oxygen atoms in total. The van der Waals surface area contributed by atoms with Crippen molar-refractivity contribution in [2.75, 3.05) is 19.8 Å². The number of amides is 1. The Kier molecular flexibility index (Phi) is 34.3. The van der Waals surface area contributed by atoms with Crippen molar-refractivity contribution in [2.24, 2.45) is 0 Å². The lowest BCUT2D eigenvalue weighted by molar-refractivity contribution is -0.359. The van der Waals surface area contributed by atoms with Gasteiger partial charge in [-0.2, -0.15) is 0 Å². The molecule has 2 fully saturated rings. The third-order valence-electron chi connectivity index (χ3n) is 12.6. The van der Waals surface area contributed by atoms with E-state index in [2.05, 4.69) is 31.3 Å². The highest BCUT2D eigenvalue weighted by molar-refractivity contribution is 5.76. The van der Waals surface area contributed by atoms with Crippen molar-refractivity contribution in [1.29, 1.82) is 0 Å². The Labute approximate surface area is 386 Å². The van der Waals surface area contributed by atoms with Gasteiger partial charge in [0, 0.05) is 6.42 Å². The number of aliphatic hydroxyl groups excluding tert-OH is 8. The average Bonchev–Trinajstić information content (AvgIpc) is 3.29. The van der Waals surface area contributed by atoms with E-state index in [4.69, 9.17) is 18.9 Å². The lowest BCUT2D eigenvalue weighted by Gasteiger charge is -2.46. The molecule has 0 aromatic heterocycles. The fourth-order valence-corrected chi connectivity index (χ4v) is 8.43. The molecule has 2 saturated heterocycles. The zero-order valence-electron chi connectivity index (χ0n) is 39.8. The molecule has 0 aromatic carbocycles. The van der Waals surface area contributed by atoms with Gasteiger partial charge in [-0.25, -0.2) is 0 Å². The first-order valence-corrected chi connectivity index (χ1v) is 25.6. The first-order valence-electron chi connectivity index (χ1n) is 25.6. The fourth-order valence-electron chi connectivity index (χ4n) is 8.43. The molecule has 0 bridgehead atoms. The van der Waals surface area contributed by atoms with Crippen LogP contribution in [0.3, 0.4) is 0 Å². The van der Waals surface area contributed by atoms with Gasteiger partial charge in [-0.15, -0.1) is 0 Å². The standard InChI is InChI=1S/C50H93NO13/c1-3-5-7-9-11-12-13-14-15-16-17-18-19-20-21-22-23-24-25-26-28-30-32-34-42(55)51-38(39(54)33-31-29-27-10-8-6-4-2)37-61-49-47(60)45(58)48(41(36-53)63-49)64-50-46(59)44(57)43(56)40(35-52)62-50/h8,10,31,33,38-41,43-50,52-54,56-60H,3-7,9,11-30,32,34-37H2,1-2H3,(H,51,55)/b10-8+,33-31+. The topological polar surface area (TPSA) is 228 Å². The van der Waals surface area contributed by atoms with E-state index in [9.17, 15) is 45.6 Å². The lowest BCUT2D eigenvalue weighted by atomic mass is 9.97. The van der Waals surface area contributed by atoms with Crippen LogP contribution >= 0.6 is 0 Å². The SMILES string of the molecule is CCC/C=C/CC/C=C/C(O)C(COC1OC(CO)C(OC2OC(CO)C(O)C(O)C2O)C(O)C1O)NC(=O)CCCCCCCCCCCCCCCCCCCCCCCCC. The summed E-state index contributed by atoms with van der Waals surface area (Å²) in [7, 11) is 0. The van der Waals surface area contributed by atoms with Gasteiger partial charge >= 0.3 is 0 Å². The van der Waals surface area contributed by atoms with Gasteiger partial charge in [0.2, 0.25) is 5.91 Å². The van der Waals surface area contributed by atoms with E-state index in [1.54, 1.807) is 6.08 Å². The molecule has 14 heteroatoms. The van der Waals surface area contributed by atoms with Gasteiger partial charge in [0.25, 0.3) is 0 Å². The van der Waals surface area contributed by atoms with E-state index in [-0.39, 0.29) is 18.9 Å². The summed E-state index contributed by atoms with van der Waals surface area (Å²) in [6.45, 7) is 2.66. The Morgan fingerprint density at radius 3 is 1.50 bits per heavy atom. The van der Waals surface area contributed by atoms with E-state index in [1.165, 1.54) is 122 Å². The number of carbonyl (C=O) groups excluding carboxylic acids is 1. The number of hydrogen-bond acceptors (Lipinski definition) is 13. The van der Waals surface area contributed by atoms with E-state index < -0.39 is 86.8 Å². The summed E-state index contributed by atoms with van der Waals surface area (Å²) < 4.78 is 22.6. The highest BCUT2D eigenvalue weighted by Crippen LogP contribution is 2.30. The fraction of sp³-hybridized carbons (Fsp3) is 0.900. The molecular formula is C50H93NO13. The van der Waals surface area contributed by atoms with Gasteiger partial charge in [0.1, 0.15) is 48.8 Å². The van der Waals surface area contributed by atoms with Gasteiger partial charge in [-0.3, -0.25) is 4.79 Å². The summed E-state index contributed by atoms with van der Waals surface area (Å²) in [6.07, 6.45) is 24.2. The zero-order valence-corrected chi connectivity index (χ0v) is 39.8. The summed E-state index contributed by atoms with van der Waals surface area (Å²) in [5.41, 5.74) is 0. The molecule has 0 saturated carbocycles. The second-order valence-corrected chi connectivity index (χ2v) is 18.3. The minimum Gasteiger partial charge on any atom is -0.394 e. The Morgan fingerprint density at radius 2 is 1.00 bits per heavy atom. The summed E-state index contributed by atoms with van der Waals surface area (Å²) in [6, 6.07) is -0.924. The largest absolute Gasteiger partial charge is 0.394 e. The first-order chi connectivity index (χ1) is 31.1. The summed E-state index contributed by atoms with van der Waals surface area (Å²) in [4.78, 5) is 13.1. The maximum Gasteiger partial charge on any atom is 0.220 e. The van der Waals surface area contributed by atoms with Crippen LogP contribution in [0.25, 0.3) is 0 Å². The van der Waals surface area contributed by atoms with Gasteiger partial charge in [0.05, 0.1) is 32.0 Å². The molecule has 0 aromatic rings. The number of carbonyl (C=O) groups is 1. The second kappa shape index (κ2) is 37.5. The molecule has 2 rings (SSSR count). The highest BCUT2D eigenvalue weighted by Gasteiger charge is 2.51. The molecular weight excluding hydrogens is 823 g/mol. The average molecular weight is 916 g/mol. The van der Waals surface area contributed by atoms with Crippen molar-refractivity contribution in [3.8, 4) is 0 Å². The number of nitrogens with one attached hydrogen (secondary N) is 1. The van der Waals surface area contributed by atoms with Crippen molar-refractivity contribution >= 4 is 5.91 Å². The van der Waals surface area contributed by atoms with Crippen LogP contribution < -0.4 is 5.32 Å². The Morgan fingerprint density at radius 1 is 0.547 bits per heavy atom. The maximum absolute atomic E-state index is 13.1. The van der Waals surface area contributed by atoms with Crippen LogP contribution in [0.4, 0.5) is 0 Å². The summed E-state index contributed by atoms with van der Waals surface area (Å²) in [5, 5.41) is 86.3. The molecule has 1 amide bonds. The van der Waals surface area contributed by atoms with Crippen LogP contribution in [0, 0.1) is 0 Å². The Balaban J connectivity index is 1.71. The molecule has 2 aliphatic heterocycles. The molecule has 376 valence electrons. The molecule has 9 N–H and O–H groups in total. The predicted octanol–water partition coefficient (Wildman–Crippen LogP) is 6.55. The minimum atomic E-state index is -1.79. The number of allylic oxidation sites excluding steroid dienone is 3. The molecule has 64 heavy (non-hydrogen) atoms. The van der Waals surface area contributed by atoms with E-state index in [0.29, 0.717) is 12.8 Å². The molecule has 0 radical (unpaired) electrons. The number of aliphatic hydroxyl groups is 8. The number of hydrogen-bond donors (Lipinski definition) is 9. The van der Waals surface area contributed by atoms with Crippen molar-refractivity contribution in [1.82, 2.24) is 5.32 Å². The molecule has 0 aliphatic carbocycles. The highest BCUT2D eigenvalue weighted by atomic mass is 16.7. The number of rotatable bonds is 39. The Hall–Kier alpha value is -1.53. The normalized spacial score (nSPS) is 27.4. The molecule has 0 spiro atoms. The van der Waals surface area contributed by atoms with E-state index >= 15 is 0 Å². The van der Waals surface area contributed by atoms with Crippen molar-refractivity contribution in [3.63, 3.8) is 0 Å². The smallest absolute Gasteiger partial charge is 0.220 e. The van der Waals surface area contributed by atoms with Crippen molar-refractivity contribution in [2.45, 2.75) is 267 Å². The van der Waals surface area contributed by atoms with E-state index in [0.717, 1.165) is 38.5 Å². The third kappa shape index (κ3) is 24.5. The van der Waals surface area contributed by atoms with Crippen molar-refractivity contribution < 1.29 is 64.6 Å². The number of ether oxygens (including phenoxy) is 4. The molecule has 2 heterocycles. The monoisotopic (exact) mass is 916 g/mol. The second-order valence-electron chi connectivity index (χ2n) is 18.3. The van der Waals surface area contributed by atoms with Gasteiger partial charge in [-0.05, 0) is 25.7 Å². The minimum absolute atomic E-state index is 0.251. The van der Waals surface area contributed by atoms with Crippen LogP contribution in [0.2, 0.25) is 0 Å². The lowest BCUT2D eigenvalue weighted by Crippen LogP contribution is -2.65. The zero-order chi connectivity index (χ0) is 46.8. The summed E-state index contributed by atoms with van der Waals surface area (Å²) >= 11 is 0. The Bertz CT molecular complexity index is 1170. The maximum atomic E-state index is 13.1. The first kappa shape index (κ1) is 58.6. The van der Waals surface area contributed by atoms with Crippen LogP contribution in [0.1, 0.15) is 194 Å². The van der Waals surface area contributed by atoms with Crippen LogP contribution in [-0.4, -0.2) is 140 Å². The third-order valence-corrected chi connectivity index (χ3v) is 12.6. The molecule has 2 aliphatic rings. The molecule has 12 atom stereocenters. The van der Waals surface area contributed by atoms with E-state index in [1.807, 2.05) is 6.08 Å². The van der Waals surface area contributed by atoms with Crippen LogP contribution in [0.5, 0.6) is 0 Å². The predicted molar refractivity (Wildman–Crippen MR) is 249 cm³/mol. The van der Waals surface area contributed by atoms with Crippen LogP contribution in [-0.2, 0) is 23.7 Å². The number of unbranched alkanes of at least 4 members (excludes halogenated alkanes) is 24. The quantitative estimate of drug-likeness (QED) is 0.0236. The van der Waals surface area contributed by atoms with Crippen LogP contribution in [0.15, 0.2) is 24.3 Å². The van der Waals surface area contributed by atoms with Gasteiger partial charge in [-0.1, -0.05) is 186 Å². The summed E-state index contributed by atoms with van der Waals surface area (Å²) in [5.74, 6) is -0.251. The van der Waals surface area contributed by atoms with Crippen molar-refractivity contribution in [3.05, 3.63) is 24.3 Å². The molecule has 12 unspecified atom stereocenters.